The molecule has 1 N–H and O–H groups in total. The standard InChI is InChI=1S/C27H31FN4O2S/c28-21-11-13-22(14-12-21)29-27(35)32(18-23-10-7-17-33-23)19-24-25(20-8-3-1-4-9-20)30-34-26(24)31-15-5-2-6-16-31/h1,3-4,8-9,11-14,23H,2,5-7,10,15-19H2,(H,29,35). The van der Waals surface area contributed by atoms with Crippen LogP contribution in [-0.2, 0) is 11.3 Å². The molecule has 2 fully saturated rings. The summed E-state index contributed by atoms with van der Waals surface area (Å²) < 4.78 is 25.4. The largest absolute Gasteiger partial charge is 0.376 e. The summed E-state index contributed by atoms with van der Waals surface area (Å²) in [5.41, 5.74) is 3.63. The monoisotopic (exact) mass is 494 g/mol. The zero-order chi connectivity index (χ0) is 24.0. The number of anilines is 2. The van der Waals surface area contributed by atoms with E-state index >= 15 is 0 Å². The van der Waals surface area contributed by atoms with Gasteiger partial charge in [-0.2, -0.15) is 0 Å². The van der Waals surface area contributed by atoms with Crippen LogP contribution in [0.5, 0.6) is 0 Å². The third-order valence-corrected chi connectivity index (χ3v) is 7.00. The predicted molar refractivity (Wildman–Crippen MR) is 140 cm³/mol. The van der Waals surface area contributed by atoms with Gasteiger partial charge in [-0.3, -0.25) is 0 Å². The summed E-state index contributed by atoms with van der Waals surface area (Å²) in [6.07, 6.45) is 5.70. The highest BCUT2D eigenvalue weighted by Gasteiger charge is 2.28. The summed E-state index contributed by atoms with van der Waals surface area (Å²) in [4.78, 5) is 4.43. The molecule has 1 atom stereocenters. The molecule has 0 spiro atoms. The summed E-state index contributed by atoms with van der Waals surface area (Å²) in [5.74, 6) is 0.548. The Balaban J connectivity index is 1.46. The zero-order valence-corrected chi connectivity index (χ0v) is 20.6. The van der Waals surface area contributed by atoms with Gasteiger partial charge in [0.25, 0.3) is 0 Å². The molecule has 2 saturated heterocycles. The van der Waals surface area contributed by atoms with E-state index in [0.29, 0.717) is 18.2 Å². The minimum Gasteiger partial charge on any atom is -0.376 e. The zero-order valence-electron chi connectivity index (χ0n) is 19.8. The molecule has 35 heavy (non-hydrogen) atoms. The number of rotatable bonds is 7. The van der Waals surface area contributed by atoms with Crippen LogP contribution in [0.3, 0.4) is 0 Å². The van der Waals surface area contributed by atoms with Gasteiger partial charge in [0, 0.05) is 37.5 Å². The van der Waals surface area contributed by atoms with Crippen LogP contribution in [0.4, 0.5) is 16.0 Å². The Morgan fingerprint density at radius 2 is 1.83 bits per heavy atom. The first-order chi connectivity index (χ1) is 17.2. The quantitative estimate of drug-likeness (QED) is 0.414. The predicted octanol–water partition coefficient (Wildman–Crippen LogP) is 5.85. The van der Waals surface area contributed by atoms with Crippen molar-refractivity contribution in [2.24, 2.45) is 0 Å². The summed E-state index contributed by atoms with van der Waals surface area (Å²) in [5, 5.41) is 8.37. The maximum atomic E-state index is 13.4. The highest BCUT2D eigenvalue weighted by molar-refractivity contribution is 7.80. The molecular formula is C27H31FN4O2S. The summed E-state index contributed by atoms with van der Waals surface area (Å²) in [6, 6.07) is 16.4. The van der Waals surface area contributed by atoms with Crippen molar-refractivity contribution in [1.29, 1.82) is 0 Å². The van der Waals surface area contributed by atoms with Crippen molar-refractivity contribution in [1.82, 2.24) is 10.1 Å². The molecule has 2 aromatic carbocycles. The van der Waals surface area contributed by atoms with Crippen LogP contribution in [0.15, 0.2) is 59.1 Å². The summed E-state index contributed by atoms with van der Waals surface area (Å²) in [6.45, 7) is 3.89. The molecule has 8 heteroatoms. The van der Waals surface area contributed by atoms with E-state index in [1.165, 1.54) is 18.6 Å². The number of thiocarbonyl (C=S) groups is 1. The second kappa shape index (κ2) is 11.2. The Morgan fingerprint density at radius 1 is 1.06 bits per heavy atom. The minimum absolute atomic E-state index is 0.112. The van der Waals surface area contributed by atoms with Gasteiger partial charge in [-0.05, 0) is 68.6 Å². The molecule has 1 unspecified atom stereocenters. The molecule has 184 valence electrons. The van der Waals surface area contributed by atoms with E-state index in [1.807, 2.05) is 18.2 Å². The van der Waals surface area contributed by atoms with E-state index in [2.05, 4.69) is 32.4 Å². The SMILES string of the molecule is Fc1ccc(NC(=S)N(Cc2c(-c3ccccc3)noc2N2CCCCC2)CC2CCCO2)cc1. The number of benzene rings is 2. The van der Waals surface area contributed by atoms with Crippen LogP contribution in [0.1, 0.15) is 37.7 Å². The van der Waals surface area contributed by atoms with Gasteiger partial charge in [0.2, 0.25) is 5.88 Å². The molecule has 0 saturated carbocycles. The van der Waals surface area contributed by atoms with Crippen molar-refractivity contribution in [2.45, 2.75) is 44.8 Å². The smallest absolute Gasteiger partial charge is 0.232 e. The first-order valence-electron chi connectivity index (χ1n) is 12.4. The van der Waals surface area contributed by atoms with Gasteiger partial charge < -0.3 is 24.4 Å². The first kappa shape index (κ1) is 23.8. The van der Waals surface area contributed by atoms with E-state index in [-0.39, 0.29) is 11.9 Å². The maximum Gasteiger partial charge on any atom is 0.232 e. The minimum atomic E-state index is -0.277. The van der Waals surface area contributed by atoms with Gasteiger partial charge in [-0.15, -0.1) is 0 Å². The lowest BCUT2D eigenvalue weighted by atomic mass is 10.1. The lowest BCUT2D eigenvalue weighted by Gasteiger charge is -2.30. The van der Waals surface area contributed by atoms with E-state index in [9.17, 15) is 4.39 Å². The molecular weight excluding hydrogens is 463 g/mol. The lowest BCUT2D eigenvalue weighted by molar-refractivity contribution is 0.0905. The third-order valence-electron chi connectivity index (χ3n) is 6.64. The number of hydrogen-bond acceptors (Lipinski definition) is 5. The van der Waals surface area contributed by atoms with Crippen molar-refractivity contribution in [3.05, 3.63) is 66.0 Å². The number of aromatic nitrogens is 1. The molecule has 0 bridgehead atoms. The van der Waals surface area contributed by atoms with Gasteiger partial charge >= 0.3 is 0 Å². The second-order valence-corrected chi connectivity index (χ2v) is 9.57. The topological polar surface area (TPSA) is 53.8 Å². The average molecular weight is 495 g/mol. The van der Waals surface area contributed by atoms with Gasteiger partial charge in [0.05, 0.1) is 18.2 Å². The number of piperidine rings is 1. The number of ether oxygens (including phenoxy) is 1. The van der Waals surface area contributed by atoms with Crippen LogP contribution >= 0.6 is 12.2 Å². The molecule has 0 aliphatic carbocycles. The number of nitrogens with zero attached hydrogens (tertiary/aromatic N) is 3. The lowest BCUT2D eigenvalue weighted by Crippen LogP contribution is -2.40. The van der Waals surface area contributed by atoms with Crippen molar-refractivity contribution in [3.8, 4) is 11.3 Å². The van der Waals surface area contributed by atoms with E-state index in [4.69, 9.17) is 21.5 Å². The van der Waals surface area contributed by atoms with E-state index in [1.54, 1.807) is 12.1 Å². The van der Waals surface area contributed by atoms with E-state index in [0.717, 1.165) is 73.8 Å². The molecule has 1 aromatic heterocycles. The molecule has 3 heterocycles. The first-order valence-corrected chi connectivity index (χ1v) is 12.8. The number of hydrogen-bond donors (Lipinski definition) is 1. The van der Waals surface area contributed by atoms with Crippen molar-refractivity contribution < 1.29 is 13.7 Å². The number of halogens is 1. The Kier molecular flexibility index (Phi) is 7.59. The average Bonchev–Trinajstić information content (AvgIpc) is 3.56. The molecule has 5 rings (SSSR count). The summed E-state index contributed by atoms with van der Waals surface area (Å²) >= 11 is 5.86. The van der Waals surface area contributed by atoms with Crippen LogP contribution in [0, 0.1) is 5.82 Å². The van der Waals surface area contributed by atoms with Crippen molar-refractivity contribution in [2.75, 3.05) is 36.5 Å². The fraction of sp³-hybridized carbons (Fsp3) is 0.407. The van der Waals surface area contributed by atoms with E-state index < -0.39 is 0 Å². The second-order valence-electron chi connectivity index (χ2n) is 9.18. The molecule has 2 aliphatic heterocycles. The van der Waals surface area contributed by atoms with Crippen molar-refractivity contribution in [3.63, 3.8) is 0 Å². The Morgan fingerprint density at radius 3 is 2.54 bits per heavy atom. The fourth-order valence-corrected chi connectivity index (χ4v) is 5.05. The number of nitrogens with one attached hydrogen (secondary N) is 1. The van der Waals surface area contributed by atoms with Gasteiger partial charge in [-0.25, -0.2) is 4.39 Å². The molecule has 3 aromatic rings. The Bertz CT molecular complexity index is 1110. The van der Waals surface area contributed by atoms with Crippen LogP contribution in [0.25, 0.3) is 11.3 Å². The van der Waals surface area contributed by atoms with Gasteiger partial charge in [0.1, 0.15) is 11.5 Å². The highest BCUT2D eigenvalue weighted by Crippen LogP contribution is 2.34. The fourth-order valence-electron chi connectivity index (χ4n) is 4.79. The van der Waals surface area contributed by atoms with Crippen LogP contribution in [-0.4, -0.2) is 47.5 Å². The Labute approximate surface area is 211 Å². The van der Waals surface area contributed by atoms with Crippen LogP contribution < -0.4 is 10.2 Å². The highest BCUT2D eigenvalue weighted by atomic mass is 32.1. The molecule has 0 radical (unpaired) electrons. The molecule has 2 aliphatic rings. The molecule has 6 nitrogen and oxygen atoms in total. The Hall–Kier alpha value is -2.97. The maximum absolute atomic E-state index is 13.4. The third kappa shape index (κ3) is 5.82. The van der Waals surface area contributed by atoms with Gasteiger partial charge in [-0.1, -0.05) is 35.5 Å². The van der Waals surface area contributed by atoms with Crippen molar-refractivity contribution >= 4 is 28.9 Å². The molecule has 0 amide bonds. The summed E-state index contributed by atoms with van der Waals surface area (Å²) in [7, 11) is 0. The van der Waals surface area contributed by atoms with Crippen LogP contribution in [0.2, 0.25) is 0 Å². The van der Waals surface area contributed by atoms with Gasteiger partial charge in [0.15, 0.2) is 5.11 Å². The normalized spacial score (nSPS) is 18.0.